The van der Waals surface area contributed by atoms with Gasteiger partial charge in [0.2, 0.25) is 0 Å². The van der Waals surface area contributed by atoms with Crippen molar-refractivity contribution in [3.63, 3.8) is 0 Å². The van der Waals surface area contributed by atoms with Gasteiger partial charge in [0, 0.05) is 6.04 Å². The molecule has 1 saturated carbocycles. The van der Waals surface area contributed by atoms with Crippen LogP contribution in [0.3, 0.4) is 0 Å². The maximum Gasteiger partial charge on any atom is 0.0696 e. The maximum absolute atomic E-state index is 9.64. The number of aliphatic hydroxyl groups is 1. The van der Waals surface area contributed by atoms with Gasteiger partial charge in [0.05, 0.1) is 6.10 Å². The first-order chi connectivity index (χ1) is 5.52. The van der Waals surface area contributed by atoms with Gasteiger partial charge in [-0.3, -0.25) is 0 Å². The summed E-state index contributed by atoms with van der Waals surface area (Å²) in [5.74, 6) is 1.81. The second-order valence-corrected chi connectivity index (χ2v) is 4.60. The number of nitrogens with two attached hydrogens (primary N) is 1. The molecule has 2 nitrogen and oxygen atoms in total. The van der Waals surface area contributed by atoms with Crippen LogP contribution < -0.4 is 5.73 Å². The summed E-state index contributed by atoms with van der Waals surface area (Å²) < 4.78 is 0. The molecule has 0 aliphatic heterocycles. The van der Waals surface area contributed by atoms with E-state index >= 15 is 0 Å². The van der Waals surface area contributed by atoms with E-state index in [1.54, 1.807) is 0 Å². The van der Waals surface area contributed by atoms with Gasteiger partial charge in [-0.25, -0.2) is 0 Å². The van der Waals surface area contributed by atoms with E-state index in [9.17, 15) is 5.11 Å². The average Bonchev–Trinajstić information content (AvgIpc) is 1.99. The summed E-state index contributed by atoms with van der Waals surface area (Å²) in [4.78, 5) is 0. The van der Waals surface area contributed by atoms with Crippen LogP contribution in [0.1, 0.15) is 33.6 Å². The van der Waals surface area contributed by atoms with Gasteiger partial charge in [-0.1, -0.05) is 20.8 Å². The first-order valence-electron chi connectivity index (χ1n) is 4.96. The Bertz CT molecular complexity index is 135. The Balaban J connectivity index is 2.53. The highest BCUT2D eigenvalue weighted by Crippen LogP contribution is 2.32. The van der Waals surface area contributed by atoms with Crippen LogP contribution in [0.4, 0.5) is 0 Å². The number of hydrogen-bond donors (Lipinski definition) is 2. The first-order valence-corrected chi connectivity index (χ1v) is 4.96. The molecule has 72 valence electrons. The first kappa shape index (κ1) is 10.0. The number of rotatable bonds is 1. The number of aliphatic hydroxyl groups excluding tert-OH is 1. The van der Waals surface area contributed by atoms with Gasteiger partial charge in [-0.15, -0.1) is 0 Å². The van der Waals surface area contributed by atoms with Crippen molar-refractivity contribution in [1.82, 2.24) is 0 Å². The van der Waals surface area contributed by atoms with E-state index in [-0.39, 0.29) is 12.1 Å². The lowest BCUT2D eigenvalue weighted by Crippen LogP contribution is -2.46. The molecule has 0 radical (unpaired) electrons. The van der Waals surface area contributed by atoms with Crippen LogP contribution >= 0.6 is 0 Å². The molecule has 0 saturated heterocycles. The highest BCUT2D eigenvalue weighted by molar-refractivity contribution is 4.87. The van der Waals surface area contributed by atoms with Crippen molar-refractivity contribution in [3.8, 4) is 0 Å². The zero-order valence-electron chi connectivity index (χ0n) is 8.33. The van der Waals surface area contributed by atoms with Gasteiger partial charge in [0.1, 0.15) is 0 Å². The molecular formula is C10H21NO. The van der Waals surface area contributed by atoms with Crippen molar-refractivity contribution in [1.29, 1.82) is 0 Å². The maximum atomic E-state index is 9.64. The van der Waals surface area contributed by atoms with E-state index in [1.807, 2.05) is 0 Å². The molecule has 12 heavy (non-hydrogen) atoms. The molecule has 1 aliphatic rings. The van der Waals surface area contributed by atoms with Gasteiger partial charge >= 0.3 is 0 Å². The van der Waals surface area contributed by atoms with E-state index in [1.165, 1.54) is 6.42 Å². The average molecular weight is 171 g/mol. The Morgan fingerprint density at radius 2 is 1.92 bits per heavy atom. The Labute approximate surface area is 75.2 Å². The summed E-state index contributed by atoms with van der Waals surface area (Å²) in [6.07, 6.45) is 1.79. The van der Waals surface area contributed by atoms with E-state index < -0.39 is 0 Å². The molecular weight excluding hydrogens is 150 g/mol. The zero-order valence-corrected chi connectivity index (χ0v) is 8.33. The third-order valence-electron chi connectivity index (χ3n) is 3.26. The molecule has 0 spiro atoms. The van der Waals surface area contributed by atoms with E-state index in [4.69, 9.17) is 5.73 Å². The van der Waals surface area contributed by atoms with Gasteiger partial charge in [0.15, 0.2) is 0 Å². The summed E-state index contributed by atoms with van der Waals surface area (Å²) in [7, 11) is 0. The van der Waals surface area contributed by atoms with Gasteiger partial charge in [-0.2, -0.15) is 0 Å². The minimum absolute atomic E-state index is 0.000000000000000222. The van der Waals surface area contributed by atoms with Crippen molar-refractivity contribution in [3.05, 3.63) is 0 Å². The smallest absolute Gasteiger partial charge is 0.0696 e. The van der Waals surface area contributed by atoms with E-state index in [0.29, 0.717) is 17.8 Å². The lowest BCUT2D eigenvalue weighted by molar-refractivity contribution is 0.0391. The Kier molecular flexibility index (Phi) is 3.13. The fourth-order valence-corrected chi connectivity index (χ4v) is 2.12. The molecule has 1 unspecified atom stereocenters. The molecule has 3 N–H and O–H groups in total. The summed E-state index contributed by atoms with van der Waals surface area (Å²) in [5, 5.41) is 9.64. The highest BCUT2D eigenvalue weighted by Gasteiger charge is 2.32. The lowest BCUT2D eigenvalue weighted by Gasteiger charge is -2.37. The minimum Gasteiger partial charge on any atom is -0.391 e. The Morgan fingerprint density at radius 1 is 1.33 bits per heavy atom. The molecule has 1 aliphatic carbocycles. The van der Waals surface area contributed by atoms with Crippen LogP contribution in [-0.2, 0) is 0 Å². The third-order valence-corrected chi connectivity index (χ3v) is 3.26. The van der Waals surface area contributed by atoms with Gasteiger partial charge < -0.3 is 10.8 Å². The summed E-state index contributed by atoms with van der Waals surface area (Å²) in [6, 6.07) is -0.000000000000000222. The molecule has 4 atom stereocenters. The summed E-state index contributed by atoms with van der Waals surface area (Å²) in [6.45, 7) is 6.59. The number of hydrogen-bond acceptors (Lipinski definition) is 2. The van der Waals surface area contributed by atoms with Crippen LogP contribution in [-0.4, -0.2) is 17.3 Å². The van der Waals surface area contributed by atoms with Crippen LogP contribution in [0.25, 0.3) is 0 Å². The van der Waals surface area contributed by atoms with Crippen LogP contribution in [0.2, 0.25) is 0 Å². The lowest BCUT2D eigenvalue weighted by atomic mass is 9.73. The summed E-state index contributed by atoms with van der Waals surface area (Å²) in [5.41, 5.74) is 5.83. The molecule has 2 heteroatoms. The second kappa shape index (κ2) is 3.75. The fraction of sp³-hybridized carbons (Fsp3) is 1.00. The fourth-order valence-electron chi connectivity index (χ4n) is 2.12. The predicted octanol–water partition coefficient (Wildman–Crippen LogP) is 1.38. The normalized spacial score (nSPS) is 43.5. The highest BCUT2D eigenvalue weighted by atomic mass is 16.3. The molecule has 0 aromatic rings. The van der Waals surface area contributed by atoms with Crippen LogP contribution in [0.15, 0.2) is 0 Å². The van der Waals surface area contributed by atoms with Crippen molar-refractivity contribution in [2.24, 2.45) is 23.5 Å². The van der Waals surface area contributed by atoms with Gasteiger partial charge in [-0.05, 0) is 30.6 Å². The summed E-state index contributed by atoms with van der Waals surface area (Å²) >= 11 is 0. The predicted molar refractivity (Wildman–Crippen MR) is 50.7 cm³/mol. The SMILES string of the molecule is CC(C)[C@H]1CC(C)[C@H](N)[C@H](O)C1. The topological polar surface area (TPSA) is 46.2 Å². The molecule has 0 aromatic heterocycles. The van der Waals surface area contributed by atoms with E-state index in [2.05, 4.69) is 20.8 Å². The van der Waals surface area contributed by atoms with Crippen molar-refractivity contribution < 1.29 is 5.11 Å². The van der Waals surface area contributed by atoms with Crippen molar-refractivity contribution in [2.45, 2.75) is 45.8 Å². The third kappa shape index (κ3) is 1.99. The standard InChI is InChI=1S/C10H21NO/c1-6(2)8-4-7(3)10(11)9(12)5-8/h6-10,12H,4-5,11H2,1-3H3/t7?,8-,9+,10-/m0/s1. The quantitative estimate of drug-likeness (QED) is 0.626. The van der Waals surface area contributed by atoms with Crippen LogP contribution in [0.5, 0.6) is 0 Å². The second-order valence-electron chi connectivity index (χ2n) is 4.60. The monoisotopic (exact) mass is 171 g/mol. The Morgan fingerprint density at radius 3 is 2.33 bits per heavy atom. The molecule has 0 heterocycles. The van der Waals surface area contributed by atoms with Gasteiger partial charge in [0.25, 0.3) is 0 Å². The van der Waals surface area contributed by atoms with E-state index in [0.717, 1.165) is 6.42 Å². The molecule has 0 aromatic carbocycles. The largest absolute Gasteiger partial charge is 0.391 e. The Hall–Kier alpha value is -0.0800. The van der Waals surface area contributed by atoms with Crippen molar-refractivity contribution in [2.75, 3.05) is 0 Å². The minimum atomic E-state index is -0.277. The molecule has 1 rings (SSSR count). The molecule has 0 bridgehead atoms. The molecule has 1 fully saturated rings. The zero-order chi connectivity index (χ0) is 9.30. The van der Waals surface area contributed by atoms with Crippen LogP contribution in [0, 0.1) is 17.8 Å². The molecule has 0 amide bonds. The van der Waals surface area contributed by atoms with Crippen molar-refractivity contribution >= 4 is 0 Å².